The van der Waals surface area contributed by atoms with E-state index < -0.39 is 6.86 Å². The van der Waals surface area contributed by atoms with Crippen molar-refractivity contribution >= 4 is 5.78 Å². The van der Waals surface area contributed by atoms with Crippen molar-refractivity contribution in [1.29, 1.82) is 0 Å². The van der Waals surface area contributed by atoms with Crippen LogP contribution in [0.15, 0.2) is 22.8 Å². The molecule has 1 heterocycles. The number of carbonyl (C=O) groups is 1. The maximum Gasteiger partial charge on any atom is 0.223 e. The van der Waals surface area contributed by atoms with Crippen molar-refractivity contribution in [2.75, 3.05) is 13.5 Å². The smallest absolute Gasteiger partial charge is 0.223 e. The third-order valence-electron chi connectivity index (χ3n) is 1.11. The lowest BCUT2D eigenvalue weighted by atomic mass is 10.3. The van der Waals surface area contributed by atoms with E-state index in [-0.39, 0.29) is 18.2 Å². The average Bonchev–Trinajstić information content (AvgIpc) is 2.52. The molecule has 0 aliphatic carbocycles. The van der Waals surface area contributed by atoms with Crippen LogP contribution in [0.1, 0.15) is 10.6 Å². The van der Waals surface area contributed by atoms with Crippen molar-refractivity contribution in [3.05, 3.63) is 24.2 Å². The van der Waals surface area contributed by atoms with E-state index in [1.54, 1.807) is 6.07 Å². The molecule has 0 spiro atoms. The number of hydrogen-bond donors (Lipinski definition) is 0. The minimum Gasteiger partial charge on any atom is -0.461 e. The number of furan rings is 1. The molecule has 0 aliphatic heterocycles. The fourth-order valence-corrected chi connectivity index (χ4v) is 0.640. The van der Waals surface area contributed by atoms with Crippen LogP contribution >= 0.6 is 0 Å². The summed E-state index contributed by atoms with van der Waals surface area (Å²) in [4.78, 5) is 10.9. The Morgan fingerprint density at radius 3 is 3.09 bits per heavy atom. The quantitative estimate of drug-likeness (QED) is 0.622. The maximum atomic E-state index is 11.4. The van der Waals surface area contributed by atoms with Crippen LogP contribution in [-0.4, -0.2) is 19.3 Å². The lowest BCUT2D eigenvalue weighted by Gasteiger charge is -1.94. The van der Waals surface area contributed by atoms with Crippen LogP contribution in [0.5, 0.6) is 0 Å². The van der Waals surface area contributed by atoms with Crippen molar-refractivity contribution in [2.45, 2.75) is 0 Å². The lowest BCUT2D eigenvalue weighted by Crippen LogP contribution is -2.07. The fourth-order valence-electron chi connectivity index (χ4n) is 0.640. The summed E-state index contributed by atoms with van der Waals surface area (Å²) in [6, 6.07) is 3.09. The molecule has 11 heavy (non-hydrogen) atoms. The van der Waals surface area contributed by atoms with Gasteiger partial charge in [-0.15, -0.1) is 0 Å². The van der Waals surface area contributed by atoms with Gasteiger partial charge in [-0.05, 0) is 12.1 Å². The Balaban J connectivity index is 2.43. The van der Waals surface area contributed by atoms with Gasteiger partial charge >= 0.3 is 0 Å². The highest BCUT2D eigenvalue weighted by molar-refractivity contribution is 5.94. The third kappa shape index (κ3) is 2.16. The summed E-state index contributed by atoms with van der Waals surface area (Å²) in [5.74, 6) is -0.161. The number of ketones is 1. The SMILES string of the molecule is O=C(COCF)c1ccco1. The van der Waals surface area contributed by atoms with Crippen molar-refractivity contribution in [2.24, 2.45) is 0 Å². The molecule has 0 aromatic carbocycles. The molecule has 0 aliphatic rings. The van der Waals surface area contributed by atoms with E-state index in [2.05, 4.69) is 4.74 Å². The molecule has 0 bridgehead atoms. The largest absolute Gasteiger partial charge is 0.461 e. The van der Waals surface area contributed by atoms with Crippen molar-refractivity contribution < 1.29 is 18.3 Å². The van der Waals surface area contributed by atoms with E-state index in [4.69, 9.17) is 4.42 Å². The van der Waals surface area contributed by atoms with E-state index in [1.165, 1.54) is 12.3 Å². The van der Waals surface area contributed by atoms with E-state index in [0.29, 0.717) is 0 Å². The second kappa shape index (κ2) is 3.88. The number of Topliss-reactive ketones (excluding diaryl/α,β-unsaturated/α-hetero) is 1. The monoisotopic (exact) mass is 158 g/mol. The van der Waals surface area contributed by atoms with Gasteiger partial charge in [-0.2, -0.15) is 0 Å². The molecule has 3 nitrogen and oxygen atoms in total. The molecule has 0 N–H and O–H groups in total. The van der Waals surface area contributed by atoms with Gasteiger partial charge in [-0.25, -0.2) is 4.39 Å². The molecule has 0 amide bonds. The maximum absolute atomic E-state index is 11.4. The van der Waals surface area contributed by atoms with Crippen LogP contribution in [0.3, 0.4) is 0 Å². The second-order valence-corrected chi connectivity index (χ2v) is 1.86. The highest BCUT2D eigenvalue weighted by Gasteiger charge is 2.07. The number of ether oxygens (including phenoxy) is 1. The first-order valence-corrected chi connectivity index (χ1v) is 3.05. The molecule has 0 saturated heterocycles. The molecule has 60 valence electrons. The predicted octanol–water partition coefficient (Wildman–Crippen LogP) is 1.41. The van der Waals surface area contributed by atoms with Gasteiger partial charge in [0.05, 0.1) is 6.26 Å². The zero-order valence-electron chi connectivity index (χ0n) is 5.75. The highest BCUT2D eigenvalue weighted by atomic mass is 19.1. The number of alkyl halides is 1. The number of hydrogen-bond acceptors (Lipinski definition) is 3. The second-order valence-electron chi connectivity index (χ2n) is 1.86. The van der Waals surface area contributed by atoms with E-state index >= 15 is 0 Å². The van der Waals surface area contributed by atoms with Crippen LogP contribution in [0.2, 0.25) is 0 Å². The van der Waals surface area contributed by atoms with E-state index in [0.717, 1.165) is 0 Å². The fraction of sp³-hybridized carbons (Fsp3) is 0.286. The van der Waals surface area contributed by atoms with E-state index in [9.17, 15) is 9.18 Å². The molecule has 1 aromatic heterocycles. The van der Waals surface area contributed by atoms with Gasteiger partial charge in [0, 0.05) is 0 Å². The van der Waals surface area contributed by atoms with Crippen LogP contribution in [0.4, 0.5) is 4.39 Å². The standard InChI is InChI=1S/C7H7FO3/c8-5-10-4-6(9)7-2-1-3-11-7/h1-3H,4-5H2. The summed E-state index contributed by atoms with van der Waals surface area (Å²) >= 11 is 0. The first kappa shape index (κ1) is 7.94. The highest BCUT2D eigenvalue weighted by Crippen LogP contribution is 2.00. The summed E-state index contributed by atoms with van der Waals surface area (Å²) in [6.07, 6.45) is 1.38. The summed E-state index contributed by atoms with van der Waals surface area (Å²) in [6.45, 7) is -1.23. The minimum atomic E-state index is -0.952. The number of halogens is 1. The first-order chi connectivity index (χ1) is 5.34. The molecule has 0 unspecified atom stereocenters. The topological polar surface area (TPSA) is 39.4 Å². The van der Waals surface area contributed by atoms with Gasteiger partial charge in [0.15, 0.2) is 12.6 Å². The summed E-state index contributed by atoms with van der Waals surface area (Å²) in [5.41, 5.74) is 0. The summed E-state index contributed by atoms with van der Waals surface area (Å²) in [7, 11) is 0. The molecule has 0 saturated carbocycles. The summed E-state index contributed by atoms with van der Waals surface area (Å²) in [5, 5.41) is 0. The van der Waals surface area contributed by atoms with Gasteiger partial charge in [0.1, 0.15) is 6.61 Å². The van der Waals surface area contributed by atoms with Crippen LogP contribution in [0, 0.1) is 0 Å². The van der Waals surface area contributed by atoms with Crippen molar-refractivity contribution in [1.82, 2.24) is 0 Å². The molecule has 0 atom stereocenters. The minimum absolute atomic E-state index is 0.193. The Hall–Kier alpha value is -1.16. The normalized spacial score (nSPS) is 9.91. The van der Waals surface area contributed by atoms with Crippen LogP contribution in [-0.2, 0) is 4.74 Å². The zero-order chi connectivity index (χ0) is 8.10. The Bertz CT molecular complexity index is 218. The third-order valence-corrected chi connectivity index (χ3v) is 1.11. The van der Waals surface area contributed by atoms with Gasteiger partial charge in [-0.3, -0.25) is 4.79 Å². The van der Waals surface area contributed by atoms with Crippen LogP contribution in [0.25, 0.3) is 0 Å². The molecule has 1 rings (SSSR count). The number of rotatable bonds is 4. The molecule has 0 fully saturated rings. The van der Waals surface area contributed by atoms with Crippen molar-refractivity contribution in [3.63, 3.8) is 0 Å². The molecular formula is C7H7FO3. The zero-order valence-corrected chi connectivity index (χ0v) is 5.75. The Morgan fingerprint density at radius 2 is 2.55 bits per heavy atom. The number of carbonyl (C=O) groups excluding carboxylic acids is 1. The lowest BCUT2D eigenvalue weighted by molar-refractivity contribution is 0.0465. The Morgan fingerprint density at radius 1 is 1.73 bits per heavy atom. The van der Waals surface area contributed by atoms with Gasteiger partial charge in [0.25, 0.3) is 0 Å². The van der Waals surface area contributed by atoms with Crippen molar-refractivity contribution in [3.8, 4) is 0 Å². The molecule has 0 radical (unpaired) electrons. The molecule has 4 heteroatoms. The first-order valence-electron chi connectivity index (χ1n) is 3.05. The molecule has 1 aromatic rings. The van der Waals surface area contributed by atoms with Gasteiger partial charge < -0.3 is 9.15 Å². The van der Waals surface area contributed by atoms with E-state index in [1.807, 2.05) is 0 Å². The Labute approximate surface area is 62.8 Å². The Kier molecular flexibility index (Phi) is 2.80. The average molecular weight is 158 g/mol. The van der Waals surface area contributed by atoms with Gasteiger partial charge in [-0.1, -0.05) is 0 Å². The van der Waals surface area contributed by atoms with Crippen LogP contribution < -0.4 is 0 Å². The summed E-state index contributed by atoms with van der Waals surface area (Å²) < 4.78 is 20.4. The predicted molar refractivity (Wildman–Crippen MR) is 35.0 cm³/mol. The van der Waals surface area contributed by atoms with Gasteiger partial charge in [0.2, 0.25) is 5.78 Å². The molecular weight excluding hydrogens is 151 g/mol.